The number of aromatic nitrogens is 2. The van der Waals surface area contributed by atoms with E-state index in [0.717, 1.165) is 11.3 Å². The number of H-pyrrole nitrogens is 2. The third-order valence-electron chi connectivity index (χ3n) is 2.29. The van der Waals surface area contributed by atoms with Gasteiger partial charge < -0.3 is 4.74 Å². The van der Waals surface area contributed by atoms with Gasteiger partial charge in [0.2, 0.25) is 0 Å². The van der Waals surface area contributed by atoms with Crippen LogP contribution in [0.2, 0.25) is 0 Å². The van der Waals surface area contributed by atoms with Gasteiger partial charge in [0, 0.05) is 0 Å². The molecule has 17 heavy (non-hydrogen) atoms. The van der Waals surface area contributed by atoms with Crippen molar-refractivity contribution < 1.29 is 9.53 Å². The Hall–Kier alpha value is -1.89. The van der Waals surface area contributed by atoms with Crippen molar-refractivity contribution in [3.63, 3.8) is 0 Å². The van der Waals surface area contributed by atoms with Gasteiger partial charge in [0.1, 0.15) is 9.71 Å². The lowest BCUT2D eigenvalue weighted by molar-refractivity contribution is 0.0531. The van der Waals surface area contributed by atoms with E-state index in [1.165, 1.54) is 0 Å². The second-order valence-electron chi connectivity index (χ2n) is 3.39. The number of hydrogen-bond acceptors (Lipinski definition) is 5. The molecule has 0 aliphatic carbocycles. The lowest BCUT2D eigenvalue weighted by Crippen LogP contribution is -2.21. The average molecular weight is 254 g/mol. The van der Waals surface area contributed by atoms with Gasteiger partial charge in [-0.15, -0.1) is 11.3 Å². The molecule has 0 radical (unpaired) electrons. The van der Waals surface area contributed by atoms with Crippen LogP contribution in [0.15, 0.2) is 9.59 Å². The number of aromatic amines is 2. The van der Waals surface area contributed by atoms with Crippen molar-refractivity contribution in [1.82, 2.24) is 9.97 Å². The molecule has 0 amide bonds. The molecule has 0 spiro atoms. The first-order chi connectivity index (χ1) is 8.04. The van der Waals surface area contributed by atoms with Gasteiger partial charge in [-0.05, 0) is 19.4 Å². The highest BCUT2D eigenvalue weighted by Crippen LogP contribution is 2.26. The standard InChI is InChI=1S/C10H10N2O4S/c1-3-16-9(14)6-4(2)5-7(13)11-10(15)12-8(5)17-6/h3H2,1-2H3,(H2,11,12,13,15). The van der Waals surface area contributed by atoms with Gasteiger partial charge in [0.15, 0.2) is 0 Å². The Morgan fingerprint density at radius 1 is 1.35 bits per heavy atom. The number of ether oxygens (including phenoxy) is 1. The Morgan fingerprint density at radius 2 is 2.06 bits per heavy atom. The Bertz CT molecular complexity index is 694. The van der Waals surface area contributed by atoms with Gasteiger partial charge in [0.05, 0.1) is 12.0 Å². The fraction of sp³-hybridized carbons (Fsp3) is 0.300. The molecule has 0 saturated carbocycles. The molecule has 2 aromatic rings. The van der Waals surface area contributed by atoms with Crippen LogP contribution in [0.4, 0.5) is 0 Å². The van der Waals surface area contributed by atoms with Gasteiger partial charge in [0.25, 0.3) is 5.56 Å². The highest BCUT2D eigenvalue weighted by Gasteiger charge is 2.18. The van der Waals surface area contributed by atoms with E-state index in [0.29, 0.717) is 20.7 Å². The molecule has 2 heterocycles. The predicted molar refractivity (Wildman–Crippen MR) is 63.8 cm³/mol. The van der Waals surface area contributed by atoms with Crippen LogP contribution in [0, 0.1) is 6.92 Å². The lowest BCUT2D eigenvalue weighted by atomic mass is 10.2. The van der Waals surface area contributed by atoms with Crippen LogP contribution in [0.25, 0.3) is 10.2 Å². The van der Waals surface area contributed by atoms with E-state index < -0.39 is 17.2 Å². The maximum Gasteiger partial charge on any atom is 0.348 e. The average Bonchev–Trinajstić information content (AvgIpc) is 2.56. The third kappa shape index (κ3) is 1.89. The molecule has 6 nitrogen and oxygen atoms in total. The van der Waals surface area contributed by atoms with E-state index in [-0.39, 0.29) is 6.61 Å². The summed E-state index contributed by atoms with van der Waals surface area (Å²) >= 11 is 1.05. The number of rotatable bonds is 2. The van der Waals surface area contributed by atoms with Gasteiger partial charge in [-0.3, -0.25) is 14.8 Å². The molecule has 0 atom stereocenters. The summed E-state index contributed by atoms with van der Waals surface area (Å²) in [5.74, 6) is -0.480. The van der Waals surface area contributed by atoms with E-state index >= 15 is 0 Å². The van der Waals surface area contributed by atoms with E-state index in [1.807, 2.05) is 0 Å². The van der Waals surface area contributed by atoms with E-state index in [4.69, 9.17) is 4.74 Å². The van der Waals surface area contributed by atoms with E-state index in [1.54, 1.807) is 13.8 Å². The Kier molecular flexibility index (Phi) is 2.84. The molecule has 7 heteroatoms. The summed E-state index contributed by atoms with van der Waals surface area (Å²) in [6, 6.07) is 0. The molecule has 0 bridgehead atoms. The summed E-state index contributed by atoms with van der Waals surface area (Å²) in [4.78, 5) is 39.7. The fourth-order valence-corrected chi connectivity index (χ4v) is 2.66. The first kappa shape index (κ1) is 11.6. The first-order valence-electron chi connectivity index (χ1n) is 4.97. The number of thiophene rings is 1. The van der Waals surface area contributed by atoms with Crippen LogP contribution < -0.4 is 11.2 Å². The number of hydrogen-bond donors (Lipinski definition) is 2. The zero-order valence-corrected chi connectivity index (χ0v) is 10.1. The molecule has 0 aliphatic rings. The number of esters is 1. The van der Waals surface area contributed by atoms with Gasteiger partial charge in [-0.25, -0.2) is 9.59 Å². The summed E-state index contributed by atoms with van der Waals surface area (Å²) in [6.45, 7) is 3.62. The second kappa shape index (κ2) is 4.17. The molecule has 0 aromatic carbocycles. The van der Waals surface area contributed by atoms with Crippen molar-refractivity contribution >= 4 is 27.5 Å². The van der Waals surface area contributed by atoms with Crippen molar-refractivity contribution in [2.24, 2.45) is 0 Å². The number of nitrogens with one attached hydrogen (secondary N) is 2. The second-order valence-corrected chi connectivity index (χ2v) is 4.41. The highest BCUT2D eigenvalue weighted by atomic mass is 32.1. The number of carbonyl (C=O) groups is 1. The Balaban J connectivity index is 2.73. The number of aryl methyl sites for hydroxylation is 1. The SMILES string of the molecule is CCOC(=O)c1sc2[nH]c(=O)[nH]c(=O)c2c1C. The van der Waals surface area contributed by atoms with Crippen LogP contribution in [-0.2, 0) is 4.74 Å². The lowest BCUT2D eigenvalue weighted by Gasteiger charge is -1.98. The molecular weight excluding hydrogens is 244 g/mol. The van der Waals surface area contributed by atoms with Crippen molar-refractivity contribution in [3.8, 4) is 0 Å². The van der Waals surface area contributed by atoms with Crippen LogP contribution >= 0.6 is 11.3 Å². The maximum atomic E-state index is 11.6. The van der Waals surface area contributed by atoms with Crippen molar-refractivity contribution in [1.29, 1.82) is 0 Å². The van der Waals surface area contributed by atoms with Crippen molar-refractivity contribution in [3.05, 3.63) is 31.3 Å². The van der Waals surface area contributed by atoms with Gasteiger partial charge >= 0.3 is 11.7 Å². The maximum absolute atomic E-state index is 11.6. The minimum Gasteiger partial charge on any atom is -0.462 e. The molecule has 0 aliphatic heterocycles. The molecular formula is C10H10N2O4S. The van der Waals surface area contributed by atoms with Crippen LogP contribution in [0.3, 0.4) is 0 Å². The minimum atomic E-state index is -0.584. The summed E-state index contributed by atoms with van der Waals surface area (Å²) < 4.78 is 4.88. The van der Waals surface area contributed by atoms with E-state index in [9.17, 15) is 14.4 Å². The third-order valence-corrected chi connectivity index (χ3v) is 3.48. The fourth-order valence-electron chi connectivity index (χ4n) is 1.57. The Morgan fingerprint density at radius 3 is 2.71 bits per heavy atom. The molecule has 2 aromatic heterocycles. The quantitative estimate of drug-likeness (QED) is 0.774. The largest absolute Gasteiger partial charge is 0.462 e. The van der Waals surface area contributed by atoms with Crippen molar-refractivity contribution in [2.45, 2.75) is 13.8 Å². The zero-order valence-electron chi connectivity index (χ0n) is 9.25. The van der Waals surface area contributed by atoms with Gasteiger partial charge in [-0.2, -0.15) is 0 Å². The predicted octanol–water partition coefficient (Wildman–Crippen LogP) is 0.763. The summed E-state index contributed by atoms with van der Waals surface area (Å²) in [6.07, 6.45) is 0. The summed E-state index contributed by atoms with van der Waals surface area (Å²) in [5.41, 5.74) is -0.548. The number of carbonyl (C=O) groups excluding carboxylic acids is 1. The minimum absolute atomic E-state index is 0.263. The normalized spacial score (nSPS) is 10.7. The highest BCUT2D eigenvalue weighted by molar-refractivity contribution is 7.20. The smallest absolute Gasteiger partial charge is 0.348 e. The van der Waals surface area contributed by atoms with Crippen LogP contribution in [-0.4, -0.2) is 22.5 Å². The monoisotopic (exact) mass is 254 g/mol. The molecule has 0 unspecified atom stereocenters. The first-order valence-corrected chi connectivity index (χ1v) is 5.79. The zero-order chi connectivity index (χ0) is 12.6. The molecule has 2 rings (SSSR count). The number of fused-ring (bicyclic) bond motifs is 1. The van der Waals surface area contributed by atoms with Gasteiger partial charge in [-0.1, -0.05) is 0 Å². The summed E-state index contributed by atoms with van der Waals surface area (Å²) in [5, 5.41) is 0.331. The molecule has 0 saturated heterocycles. The summed E-state index contributed by atoms with van der Waals surface area (Å²) in [7, 11) is 0. The molecule has 90 valence electrons. The van der Waals surface area contributed by atoms with Crippen molar-refractivity contribution in [2.75, 3.05) is 6.61 Å². The topological polar surface area (TPSA) is 92.0 Å². The Labute approximate surface area is 99.3 Å². The van der Waals surface area contributed by atoms with Crippen LogP contribution in [0.5, 0.6) is 0 Å². The van der Waals surface area contributed by atoms with Crippen LogP contribution in [0.1, 0.15) is 22.2 Å². The van der Waals surface area contributed by atoms with E-state index in [2.05, 4.69) is 9.97 Å². The molecule has 0 fully saturated rings. The molecule has 2 N–H and O–H groups in total.